The highest BCUT2D eigenvalue weighted by Gasteiger charge is 2.26. The number of fused-ring (bicyclic) bond motifs is 2. The fourth-order valence-corrected chi connectivity index (χ4v) is 4.12. The predicted molar refractivity (Wildman–Crippen MR) is 114 cm³/mol. The van der Waals surface area contributed by atoms with E-state index in [2.05, 4.69) is 31.9 Å². The standard InChI is InChI=1S/C23H21N5O3/c29-22(16-6-7-18-17(12-16)21(23(30)31)26-25-18)27-11-9-20-19(13-27)24-14-28(20)10-8-15-4-2-1-3-5-15/h1-7,12,14H,8-11,13H2,(H,25,26)(H,30,31). The number of hydrogen-bond donors (Lipinski definition) is 2. The fourth-order valence-electron chi connectivity index (χ4n) is 4.12. The van der Waals surface area contributed by atoms with Crippen LogP contribution in [0.2, 0.25) is 0 Å². The maximum atomic E-state index is 13.1. The number of aromatic amines is 1. The topological polar surface area (TPSA) is 104 Å². The van der Waals surface area contributed by atoms with Gasteiger partial charge in [-0.25, -0.2) is 9.78 Å². The summed E-state index contributed by atoms with van der Waals surface area (Å²) in [6.45, 7) is 1.90. The third kappa shape index (κ3) is 3.56. The minimum atomic E-state index is -1.13. The van der Waals surface area contributed by atoms with Crippen molar-refractivity contribution in [2.75, 3.05) is 6.54 Å². The molecule has 4 aromatic rings. The number of carboxylic acid groups (broad SMARTS) is 1. The highest BCUT2D eigenvalue weighted by Crippen LogP contribution is 2.23. The first kappa shape index (κ1) is 19.0. The van der Waals surface area contributed by atoms with Gasteiger partial charge in [-0.3, -0.25) is 9.89 Å². The SMILES string of the molecule is O=C(O)c1n[nH]c2ccc(C(=O)N3CCc4c(ncn4CCc4ccccc4)C3)cc12. The first-order valence-electron chi connectivity index (χ1n) is 10.2. The van der Waals surface area contributed by atoms with Gasteiger partial charge >= 0.3 is 5.97 Å². The molecule has 0 fully saturated rings. The number of hydrogen-bond acceptors (Lipinski definition) is 4. The van der Waals surface area contributed by atoms with Crippen LogP contribution in [0.4, 0.5) is 0 Å². The van der Waals surface area contributed by atoms with E-state index in [0.717, 1.165) is 25.1 Å². The second-order valence-corrected chi connectivity index (χ2v) is 7.68. The molecule has 2 aromatic carbocycles. The van der Waals surface area contributed by atoms with Crippen molar-refractivity contribution < 1.29 is 14.7 Å². The number of nitrogens with one attached hydrogen (secondary N) is 1. The highest BCUT2D eigenvalue weighted by atomic mass is 16.4. The molecule has 0 radical (unpaired) electrons. The number of benzene rings is 2. The minimum Gasteiger partial charge on any atom is -0.476 e. The van der Waals surface area contributed by atoms with Gasteiger partial charge in [-0.15, -0.1) is 0 Å². The average molecular weight is 415 g/mol. The van der Waals surface area contributed by atoms with Gasteiger partial charge < -0.3 is 14.6 Å². The maximum Gasteiger partial charge on any atom is 0.357 e. The second kappa shape index (κ2) is 7.71. The van der Waals surface area contributed by atoms with E-state index in [1.807, 2.05) is 24.5 Å². The zero-order valence-electron chi connectivity index (χ0n) is 16.8. The van der Waals surface area contributed by atoms with Crippen molar-refractivity contribution in [2.45, 2.75) is 25.9 Å². The van der Waals surface area contributed by atoms with Crippen LogP contribution in [0, 0.1) is 0 Å². The lowest BCUT2D eigenvalue weighted by molar-refractivity contribution is 0.0690. The Labute approximate surface area is 178 Å². The number of amides is 1. The molecule has 0 unspecified atom stereocenters. The lowest BCUT2D eigenvalue weighted by atomic mass is 10.1. The van der Waals surface area contributed by atoms with E-state index in [4.69, 9.17) is 0 Å². The number of carbonyl (C=O) groups is 2. The summed E-state index contributed by atoms with van der Waals surface area (Å²) in [5.74, 6) is -1.26. The Kier molecular flexibility index (Phi) is 4.74. The molecule has 31 heavy (non-hydrogen) atoms. The van der Waals surface area contributed by atoms with Gasteiger partial charge in [0.15, 0.2) is 5.69 Å². The predicted octanol–water partition coefficient (Wildman–Crippen LogP) is 2.90. The normalized spacial score (nSPS) is 13.4. The Morgan fingerprint density at radius 1 is 1.13 bits per heavy atom. The van der Waals surface area contributed by atoms with E-state index < -0.39 is 5.97 Å². The molecule has 0 bridgehead atoms. The van der Waals surface area contributed by atoms with Crippen LogP contribution in [-0.4, -0.2) is 48.2 Å². The molecule has 0 atom stereocenters. The van der Waals surface area contributed by atoms with Crippen molar-refractivity contribution in [1.29, 1.82) is 0 Å². The molecule has 8 nitrogen and oxygen atoms in total. The number of nitrogens with zero attached hydrogens (tertiary/aromatic N) is 4. The first-order valence-corrected chi connectivity index (χ1v) is 10.2. The Morgan fingerprint density at radius 2 is 1.97 bits per heavy atom. The van der Waals surface area contributed by atoms with Crippen LogP contribution in [-0.2, 0) is 25.9 Å². The van der Waals surface area contributed by atoms with Gasteiger partial charge in [-0.1, -0.05) is 30.3 Å². The number of rotatable bonds is 5. The number of imidazole rings is 1. The van der Waals surface area contributed by atoms with E-state index >= 15 is 0 Å². The molecular formula is C23H21N5O3. The van der Waals surface area contributed by atoms with Crippen molar-refractivity contribution >= 4 is 22.8 Å². The Bertz CT molecular complexity index is 1280. The fraction of sp³-hybridized carbons (Fsp3) is 0.217. The largest absolute Gasteiger partial charge is 0.476 e. The van der Waals surface area contributed by atoms with Gasteiger partial charge in [0.25, 0.3) is 5.91 Å². The number of aromatic carboxylic acids is 1. The van der Waals surface area contributed by atoms with E-state index in [1.165, 1.54) is 11.3 Å². The molecule has 0 saturated carbocycles. The lowest BCUT2D eigenvalue weighted by Crippen LogP contribution is -2.36. The molecule has 0 aliphatic carbocycles. The van der Waals surface area contributed by atoms with E-state index in [-0.39, 0.29) is 11.6 Å². The molecule has 8 heteroatoms. The molecule has 1 amide bonds. The van der Waals surface area contributed by atoms with Crippen molar-refractivity contribution in [2.24, 2.45) is 0 Å². The van der Waals surface area contributed by atoms with Crippen LogP contribution in [0.3, 0.4) is 0 Å². The molecule has 3 heterocycles. The number of aromatic nitrogens is 4. The monoisotopic (exact) mass is 415 g/mol. The van der Waals surface area contributed by atoms with Gasteiger partial charge in [-0.2, -0.15) is 5.10 Å². The summed E-state index contributed by atoms with van der Waals surface area (Å²) in [7, 11) is 0. The van der Waals surface area contributed by atoms with Crippen LogP contribution < -0.4 is 0 Å². The molecule has 156 valence electrons. The van der Waals surface area contributed by atoms with Crippen molar-refractivity contribution in [1.82, 2.24) is 24.6 Å². The van der Waals surface area contributed by atoms with Crippen molar-refractivity contribution in [3.05, 3.63) is 83.1 Å². The second-order valence-electron chi connectivity index (χ2n) is 7.68. The molecule has 2 aromatic heterocycles. The smallest absolute Gasteiger partial charge is 0.357 e. The number of aryl methyl sites for hydroxylation is 2. The molecule has 0 saturated heterocycles. The Balaban J connectivity index is 1.32. The van der Waals surface area contributed by atoms with E-state index in [9.17, 15) is 14.7 Å². The molecule has 2 N–H and O–H groups in total. The Morgan fingerprint density at radius 3 is 2.77 bits per heavy atom. The van der Waals surface area contributed by atoms with Crippen LogP contribution in [0.1, 0.15) is 37.8 Å². The van der Waals surface area contributed by atoms with Gasteiger partial charge in [0.2, 0.25) is 0 Å². The van der Waals surface area contributed by atoms with E-state index in [1.54, 1.807) is 23.1 Å². The van der Waals surface area contributed by atoms with Gasteiger partial charge in [0, 0.05) is 36.2 Å². The molecule has 0 spiro atoms. The zero-order valence-corrected chi connectivity index (χ0v) is 16.8. The molecule has 5 rings (SSSR count). The molecular weight excluding hydrogens is 394 g/mol. The lowest BCUT2D eigenvalue weighted by Gasteiger charge is -2.27. The van der Waals surface area contributed by atoms with Crippen LogP contribution in [0.15, 0.2) is 54.9 Å². The van der Waals surface area contributed by atoms with Crippen LogP contribution in [0.5, 0.6) is 0 Å². The third-order valence-corrected chi connectivity index (χ3v) is 5.78. The Hall–Kier alpha value is -3.94. The van der Waals surface area contributed by atoms with E-state index in [0.29, 0.717) is 29.6 Å². The summed E-state index contributed by atoms with van der Waals surface area (Å²) in [5.41, 5.74) is 4.34. The van der Waals surface area contributed by atoms with Gasteiger partial charge in [0.1, 0.15) is 0 Å². The summed E-state index contributed by atoms with van der Waals surface area (Å²) in [6, 6.07) is 15.3. The third-order valence-electron chi connectivity index (χ3n) is 5.78. The quantitative estimate of drug-likeness (QED) is 0.522. The summed E-state index contributed by atoms with van der Waals surface area (Å²) in [5, 5.41) is 16.2. The maximum absolute atomic E-state index is 13.1. The summed E-state index contributed by atoms with van der Waals surface area (Å²) in [6.07, 6.45) is 3.53. The minimum absolute atomic E-state index is 0.0808. The van der Waals surface area contributed by atoms with Gasteiger partial charge in [-0.05, 0) is 30.2 Å². The van der Waals surface area contributed by atoms with Crippen LogP contribution in [0.25, 0.3) is 10.9 Å². The van der Waals surface area contributed by atoms with Gasteiger partial charge in [0.05, 0.1) is 24.1 Å². The molecule has 1 aliphatic rings. The van der Waals surface area contributed by atoms with Crippen LogP contribution >= 0.6 is 0 Å². The molecule has 1 aliphatic heterocycles. The van der Waals surface area contributed by atoms with Crippen molar-refractivity contribution in [3.63, 3.8) is 0 Å². The number of carboxylic acids is 1. The summed E-state index contributed by atoms with van der Waals surface area (Å²) in [4.78, 5) is 30.8. The van der Waals surface area contributed by atoms with Crippen molar-refractivity contribution in [3.8, 4) is 0 Å². The number of H-pyrrole nitrogens is 1. The number of carbonyl (C=O) groups excluding carboxylic acids is 1. The highest BCUT2D eigenvalue weighted by molar-refractivity contribution is 6.04. The first-order chi connectivity index (χ1) is 15.1. The summed E-state index contributed by atoms with van der Waals surface area (Å²) >= 11 is 0. The average Bonchev–Trinajstić information content (AvgIpc) is 3.41. The zero-order chi connectivity index (χ0) is 21.4. The summed E-state index contributed by atoms with van der Waals surface area (Å²) < 4.78 is 2.18.